The molecule has 0 unspecified atom stereocenters. The van der Waals surface area contributed by atoms with E-state index in [1.807, 2.05) is 30.3 Å². The normalized spacial score (nSPS) is 10.2. The number of para-hydroxylation sites is 1. The van der Waals surface area contributed by atoms with Gasteiger partial charge in [0.05, 0.1) is 0 Å². The fraction of sp³-hybridized carbons (Fsp3) is 0.100. The van der Waals surface area contributed by atoms with E-state index in [4.69, 9.17) is 0 Å². The molecule has 4 nitrogen and oxygen atoms in total. The molecule has 0 aliphatic carbocycles. The zero-order chi connectivity index (χ0) is 16.6. The van der Waals surface area contributed by atoms with Gasteiger partial charge in [0.25, 0.3) is 0 Å². The van der Waals surface area contributed by atoms with E-state index in [-0.39, 0.29) is 0 Å². The third-order valence-electron chi connectivity index (χ3n) is 3.61. The monoisotopic (exact) mass is 316 g/mol. The van der Waals surface area contributed by atoms with Gasteiger partial charge in [0.1, 0.15) is 18.0 Å². The molecule has 1 aromatic heterocycles. The molecule has 0 spiro atoms. The maximum Gasteiger partial charge on any atom is 0.138 e. The van der Waals surface area contributed by atoms with Crippen LogP contribution in [0.5, 0.6) is 0 Å². The van der Waals surface area contributed by atoms with Gasteiger partial charge in [-0.2, -0.15) is 0 Å². The summed E-state index contributed by atoms with van der Waals surface area (Å²) in [7, 11) is 0. The smallest absolute Gasteiger partial charge is 0.138 e. The van der Waals surface area contributed by atoms with Crippen molar-refractivity contribution in [1.82, 2.24) is 9.97 Å². The van der Waals surface area contributed by atoms with Crippen LogP contribution in [0, 0.1) is 0 Å². The van der Waals surface area contributed by atoms with E-state index >= 15 is 0 Å². The molecule has 0 saturated carbocycles. The van der Waals surface area contributed by atoms with E-state index in [0.29, 0.717) is 6.54 Å². The summed E-state index contributed by atoms with van der Waals surface area (Å²) in [6.07, 6.45) is 3.39. The number of hydrogen-bond donors (Lipinski definition) is 1. The number of nitrogens with zero attached hydrogens (tertiary/aromatic N) is 3. The van der Waals surface area contributed by atoms with Gasteiger partial charge in [0.15, 0.2) is 0 Å². The quantitative estimate of drug-likeness (QED) is 0.655. The lowest BCUT2D eigenvalue weighted by Gasteiger charge is -2.24. The molecule has 24 heavy (non-hydrogen) atoms. The first-order chi connectivity index (χ1) is 11.9. The van der Waals surface area contributed by atoms with Gasteiger partial charge in [-0.05, 0) is 17.7 Å². The molecule has 1 N–H and O–H groups in total. The van der Waals surface area contributed by atoms with Gasteiger partial charge in [-0.3, -0.25) is 0 Å². The number of rotatable bonds is 7. The highest BCUT2D eigenvalue weighted by Gasteiger charge is 2.12. The summed E-state index contributed by atoms with van der Waals surface area (Å²) in [5.41, 5.74) is 2.32. The minimum Gasteiger partial charge on any atom is -0.366 e. The van der Waals surface area contributed by atoms with E-state index in [1.165, 1.54) is 5.56 Å². The molecule has 0 aliphatic heterocycles. The molecule has 2 aromatic carbocycles. The van der Waals surface area contributed by atoms with Gasteiger partial charge in [0, 0.05) is 24.8 Å². The third-order valence-corrected chi connectivity index (χ3v) is 3.61. The Morgan fingerprint density at radius 1 is 0.958 bits per heavy atom. The fourth-order valence-corrected chi connectivity index (χ4v) is 2.45. The van der Waals surface area contributed by atoms with Crippen molar-refractivity contribution in [2.45, 2.75) is 6.54 Å². The minimum atomic E-state index is 0.667. The van der Waals surface area contributed by atoms with Crippen molar-refractivity contribution in [2.24, 2.45) is 0 Å². The number of benzene rings is 2. The molecular weight excluding hydrogens is 296 g/mol. The number of anilines is 3. The molecule has 3 aromatic rings. The lowest BCUT2D eigenvalue weighted by molar-refractivity contribution is 0.937. The number of hydrogen-bond acceptors (Lipinski definition) is 4. The van der Waals surface area contributed by atoms with Crippen LogP contribution >= 0.6 is 0 Å². The summed E-state index contributed by atoms with van der Waals surface area (Å²) in [5.74, 6) is 1.64. The van der Waals surface area contributed by atoms with Crippen molar-refractivity contribution in [1.29, 1.82) is 0 Å². The highest BCUT2D eigenvalue weighted by atomic mass is 15.2. The number of nitrogens with one attached hydrogen (secondary N) is 1. The molecule has 0 radical (unpaired) electrons. The molecule has 3 rings (SSSR count). The Kier molecular flexibility index (Phi) is 5.20. The molecule has 4 heteroatoms. The Bertz CT molecular complexity index is 772. The SMILES string of the molecule is C=CCNc1cc(N(Cc2ccccc2)c2ccccc2)ncn1. The Hall–Kier alpha value is -3.14. The first kappa shape index (κ1) is 15.7. The lowest BCUT2D eigenvalue weighted by Crippen LogP contribution is -2.18. The molecule has 0 aliphatic rings. The molecule has 0 fully saturated rings. The summed E-state index contributed by atoms with van der Waals surface area (Å²) in [5, 5.41) is 3.21. The van der Waals surface area contributed by atoms with Crippen molar-refractivity contribution >= 4 is 17.3 Å². The van der Waals surface area contributed by atoms with E-state index in [9.17, 15) is 0 Å². The van der Waals surface area contributed by atoms with Crippen LogP contribution in [-0.4, -0.2) is 16.5 Å². The highest BCUT2D eigenvalue weighted by molar-refractivity contribution is 5.62. The average molecular weight is 316 g/mol. The van der Waals surface area contributed by atoms with Gasteiger partial charge < -0.3 is 10.2 Å². The first-order valence-corrected chi connectivity index (χ1v) is 7.90. The Morgan fingerprint density at radius 3 is 2.38 bits per heavy atom. The van der Waals surface area contributed by atoms with Crippen molar-refractivity contribution in [3.8, 4) is 0 Å². The second-order valence-electron chi connectivity index (χ2n) is 5.34. The zero-order valence-electron chi connectivity index (χ0n) is 13.5. The van der Waals surface area contributed by atoms with Crippen LogP contribution in [-0.2, 0) is 6.54 Å². The topological polar surface area (TPSA) is 41.0 Å². The Labute approximate surface area is 142 Å². The third kappa shape index (κ3) is 3.98. The Balaban J connectivity index is 1.94. The summed E-state index contributed by atoms with van der Waals surface area (Å²) in [6.45, 7) is 5.13. The molecule has 120 valence electrons. The van der Waals surface area contributed by atoms with Gasteiger partial charge in [-0.1, -0.05) is 54.6 Å². The molecule has 0 amide bonds. The molecule has 0 atom stereocenters. The summed E-state index contributed by atoms with van der Waals surface area (Å²) in [6, 6.07) is 22.6. The summed E-state index contributed by atoms with van der Waals surface area (Å²) in [4.78, 5) is 10.9. The average Bonchev–Trinajstić information content (AvgIpc) is 2.66. The second-order valence-corrected chi connectivity index (χ2v) is 5.34. The van der Waals surface area contributed by atoms with Crippen LogP contribution in [0.3, 0.4) is 0 Å². The van der Waals surface area contributed by atoms with Crippen molar-refractivity contribution < 1.29 is 0 Å². The molecule has 0 saturated heterocycles. The van der Waals surface area contributed by atoms with E-state index in [2.05, 4.69) is 63.2 Å². The van der Waals surface area contributed by atoms with Crippen LogP contribution in [0.25, 0.3) is 0 Å². The van der Waals surface area contributed by atoms with Crippen LogP contribution in [0.1, 0.15) is 5.56 Å². The zero-order valence-corrected chi connectivity index (χ0v) is 13.5. The van der Waals surface area contributed by atoms with Crippen molar-refractivity contribution in [2.75, 3.05) is 16.8 Å². The largest absolute Gasteiger partial charge is 0.366 e. The fourth-order valence-electron chi connectivity index (χ4n) is 2.45. The highest BCUT2D eigenvalue weighted by Crippen LogP contribution is 2.26. The van der Waals surface area contributed by atoms with Crippen LogP contribution in [0.4, 0.5) is 17.3 Å². The predicted molar refractivity (Wildman–Crippen MR) is 99.4 cm³/mol. The maximum atomic E-state index is 4.47. The second kappa shape index (κ2) is 7.92. The maximum absolute atomic E-state index is 4.47. The van der Waals surface area contributed by atoms with Gasteiger partial charge in [-0.25, -0.2) is 9.97 Å². The van der Waals surface area contributed by atoms with Crippen LogP contribution < -0.4 is 10.2 Å². The molecular formula is C20H20N4. The van der Waals surface area contributed by atoms with Gasteiger partial charge >= 0.3 is 0 Å². The lowest BCUT2D eigenvalue weighted by atomic mass is 10.2. The number of aromatic nitrogens is 2. The van der Waals surface area contributed by atoms with Crippen molar-refractivity contribution in [3.63, 3.8) is 0 Å². The molecule has 1 heterocycles. The Morgan fingerprint density at radius 2 is 1.67 bits per heavy atom. The van der Waals surface area contributed by atoms with Crippen LogP contribution in [0.2, 0.25) is 0 Å². The van der Waals surface area contributed by atoms with Gasteiger partial charge in [-0.15, -0.1) is 6.58 Å². The predicted octanol–water partition coefficient (Wildman–Crippen LogP) is 4.41. The summed E-state index contributed by atoms with van der Waals surface area (Å²) < 4.78 is 0. The van der Waals surface area contributed by atoms with Crippen molar-refractivity contribution in [3.05, 3.63) is 91.3 Å². The molecule has 0 bridgehead atoms. The van der Waals surface area contributed by atoms with E-state index in [1.54, 1.807) is 12.4 Å². The standard InChI is InChI=1S/C20H20N4/c1-2-13-21-19-14-20(23-16-22-19)24(18-11-7-4-8-12-18)15-17-9-5-3-6-10-17/h2-12,14,16H,1,13,15H2,(H,21,22,23). The van der Waals surface area contributed by atoms with E-state index < -0.39 is 0 Å². The van der Waals surface area contributed by atoms with Gasteiger partial charge in [0.2, 0.25) is 0 Å². The van der Waals surface area contributed by atoms with E-state index in [0.717, 1.165) is 23.9 Å². The first-order valence-electron chi connectivity index (χ1n) is 7.90. The minimum absolute atomic E-state index is 0.667. The summed E-state index contributed by atoms with van der Waals surface area (Å²) >= 11 is 0. The van der Waals surface area contributed by atoms with Crippen LogP contribution in [0.15, 0.2) is 85.7 Å².